The summed E-state index contributed by atoms with van der Waals surface area (Å²) in [6, 6.07) is 6.06. The second-order valence-corrected chi connectivity index (χ2v) is 8.98. The molecule has 1 aliphatic heterocycles. The summed E-state index contributed by atoms with van der Waals surface area (Å²) in [5, 5.41) is 33.8. The second-order valence-electron chi connectivity index (χ2n) is 8.98. The summed E-state index contributed by atoms with van der Waals surface area (Å²) >= 11 is 0. The first kappa shape index (κ1) is 28.5. The summed E-state index contributed by atoms with van der Waals surface area (Å²) in [7, 11) is 0. The van der Waals surface area contributed by atoms with Gasteiger partial charge in [-0.15, -0.1) is 0 Å². The van der Waals surface area contributed by atoms with Crippen molar-refractivity contribution in [1.29, 1.82) is 0 Å². The number of phenolic OH excluding ortho intramolecular Hbond substituents is 1. The van der Waals surface area contributed by atoms with Crippen LogP contribution in [0, 0.1) is 5.92 Å². The van der Waals surface area contributed by atoms with Crippen LogP contribution in [0.25, 0.3) is 6.08 Å². The van der Waals surface area contributed by atoms with Gasteiger partial charge in [0, 0.05) is 36.5 Å². The standard InChI is InChI=1S/C28H32N2O8/c1-17-7-8-23(32)26(34)22(31)6-3-5-20-15-21(16-24(33)25(20)28(36)38-18(17)2)37-14-4-11-30-27(35)19-9-12-29-13-10-19/h3,5,7-10,12-13,15-18,22,26,31,33-34H,4,6,11,14H2,1-2H3,(H,30,35)/b5-3+,8-7-/t17-,18?,22?,26?/m1/s1. The molecule has 2 aromatic rings. The highest BCUT2D eigenvalue weighted by molar-refractivity contribution is 5.97. The van der Waals surface area contributed by atoms with Crippen LogP contribution in [0.4, 0.5) is 0 Å². The van der Waals surface area contributed by atoms with Crippen LogP contribution in [-0.2, 0) is 9.53 Å². The fourth-order valence-electron chi connectivity index (χ4n) is 3.62. The Morgan fingerprint density at radius 2 is 1.89 bits per heavy atom. The van der Waals surface area contributed by atoms with Crippen molar-refractivity contribution in [1.82, 2.24) is 10.3 Å². The van der Waals surface area contributed by atoms with Crippen molar-refractivity contribution >= 4 is 23.7 Å². The number of hydrogen-bond donors (Lipinski definition) is 4. The van der Waals surface area contributed by atoms with Crippen molar-refractivity contribution < 1.29 is 39.2 Å². The first-order valence-corrected chi connectivity index (χ1v) is 12.3. The van der Waals surface area contributed by atoms with E-state index < -0.39 is 30.1 Å². The molecule has 3 unspecified atom stereocenters. The molecule has 0 saturated carbocycles. The molecule has 0 aliphatic carbocycles. The van der Waals surface area contributed by atoms with Gasteiger partial charge in [-0.05, 0) is 49.6 Å². The largest absolute Gasteiger partial charge is 0.507 e. The molecule has 202 valence electrons. The Morgan fingerprint density at radius 1 is 1.16 bits per heavy atom. The van der Waals surface area contributed by atoms with Crippen molar-refractivity contribution in [2.45, 2.75) is 45.0 Å². The Kier molecular flexibility index (Phi) is 10.1. The van der Waals surface area contributed by atoms with Crippen molar-refractivity contribution in [3.05, 3.63) is 71.6 Å². The number of hydrogen-bond acceptors (Lipinski definition) is 9. The molecule has 10 heteroatoms. The maximum atomic E-state index is 12.9. The lowest BCUT2D eigenvalue weighted by molar-refractivity contribution is -0.127. The Morgan fingerprint density at radius 3 is 2.63 bits per heavy atom. The van der Waals surface area contributed by atoms with Crippen molar-refractivity contribution in [3.8, 4) is 11.5 Å². The number of esters is 1. The first-order valence-electron chi connectivity index (χ1n) is 12.3. The fraction of sp³-hybridized carbons (Fsp3) is 0.357. The summed E-state index contributed by atoms with van der Waals surface area (Å²) in [6.45, 7) is 3.95. The van der Waals surface area contributed by atoms with E-state index in [-0.39, 0.29) is 47.5 Å². The first-order chi connectivity index (χ1) is 18.2. The highest BCUT2D eigenvalue weighted by atomic mass is 16.5. The summed E-state index contributed by atoms with van der Waals surface area (Å²) in [6.07, 6.45) is 5.48. The number of aliphatic hydroxyl groups is 2. The minimum atomic E-state index is -1.61. The lowest BCUT2D eigenvalue weighted by atomic mass is 9.99. The predicted octanol–water partition coefficient (Wildman–Crippen LogP) is 2.43. The second kappa shape index (κ2) is 13.5. The van der Waals surface area contributed by atoms with Crippen LogP contribution < -0.4 is 10.1 Å². The van der Waals surface area contributed by atoms with Gasteiger partial charge < -0.3 is 30.1 Å². The maximum Gasteiger partial charge on any atom is 0.342 e. The number of aromatic nitrogens is 1. The number of nitrogens with zero attached hydrogens (tertiary/aromatic N) is 1. The molecule has 1 amide bonds. The molecule has 0 bridgehead atoms. The lowest BCUT2D eigenvalue weighted by Gasteiger charge is -2.20. The van der Waals surface area contributed by atoms with Crippen LogP contribution in [0.1, 0.15) is 53.0 Å². The van der Waals surface area contributed by atoms with Crippen LogP contribution >= 0.6 is 0 Å². The number of carbonyl (C=O) groups excluding carboxylic acids is 3. The summed E-state index contributed by atoms with van der Waals surface area (Å²) in [4.78, 5) is 41.1. The summed E-state index contributed by atoms with van der Waals surface area (Å²) in [5.41, 5.74) is 0.693. The number of ether oxygens (including phenoxy) is 2. The third kappa shape index (κ3) is 7.74. The molecule has 0 spiro atoms. The van der Waals surface area contributed by atoms with Gasteiger partial charge in [-0.3, -0.25) is 14.6 Å². The molecule has 4 N–H and O–H groups in total. The van der Waals surface area contributed by atoms with Gasteiger partial charge in [0.2, 0.25) is 0 Å². The van der Waals surface area contributed by atoms with Gasteiger partial charge in [0.25, 0.3) is 5.91 Å². The van der Waals surface area contributed by atoms with Gasteiger partial charge in [0.15, 0.2) is 5.78 Å². The molecular weight excluding hydrogens is 492 g/mol. The van der Waals surface area contributed by atoms with E-state index in [1.54, 1.807) is 26.0 Å². The Hall–Kier alpha value is -4.02. The van der Waals surface area contributed by atoms with Gasteiger partial charge in [-0.1, -0.05) is 25.2 Å². The number of rotatable bonds is 6. The molecule has 1 aromatic carbocycles. The Bertz CT molecular complexity index is 1190. The number of aromatic hydroxyl groups is 1. The number of amides is 1. The number of fused-ring (bicyclic) bond motifs is 1. The number of aliphatic hydroxyl groups excluding tert-OH is 2. The van der Waals surface area contributed by atoms with Crippen molar-refractivity contribution in [2.75, 3.05) is 13.2 Å². The zero-order chi connectivity index (χ0) is 27.7. The number of phenols is 1. The molecule has 0 fully saturated rings. The molecule has 4 atom stereocenters. The topological polar surface area (TPSA) is 155 Å². The van der Waals surface area contributed by atoms with Gasteiger partial charge in [-0.25, -0.2) is 4.79 Å². The van der Waals surface area contributed by atoms with Crippen LogP contribution in [0.15, 0.2) is 54.9 Å². The number of cyclic esters (lactones) is 1. The highest BCUT2D eigenvalue weighted by Gasteiger charge is 2.25. The van der Waals surface area contributed by atoms with E-state index in [1.165, 1.54) is 42.8 Å². The maximum absolute atomic E-state index is 12.9. The Balaban J connectivity index is 1.73. The van der Waals surface area contributed by atoms with E-state index in [9.17, 15) is 29.7 Å². The van der Waals surface area contributed by atoms with Crippen LogP contribution in [0.3, 0.4) is 0 Å². The van der Waals surface area contributed by atoms with Crippen LogP contribution in [0.5, 0.6) is 11.5 Å². The molecule has 38 heavy (non-hydrogen) atoms. The minimum Gasteiger partial charge on any atom is -0.507 e. The van der Waals surface area contributed by atoms with E-state index in [0.29, 0.717) is 18.5 Å². The third-order valence-electron chi connectivity index (χ3n) is 6.07. The minimum absolute atomic E-state index is 0.0792. The highest BCUT2D eigenvalue weighted by Crippen LogP contribution is 2.31. The molecule has 10 nitrogen and oxygen atoms in total. The van der Waals surface area contributed by atoms with Crippen molar-refractivity contribution in [3.63, 3.8) is 0 Å². The molecule has 1 aliphatic rings. The normalized spacial score (nSPS) is 23.9. The van der Waals surface area contributed by atoms with Crippen LogP contribution in [0.2, 0.25) is 0 Å². The molecule has 0 radical (unpaired) electrons. The van der Waals surface area contributed by atoms with Gasteiger partial charge in [0.05, 0.1) is 12.7 Å². The fourth-order valence-corrected chi connectivity index (χ4v) is 3.62. The van der Waals surface area contributed by atoms with Gasteiger partial charge in [0.1, 0.15) is 29.3 Å². The SMILES string of the molecule is CC1OC(=O)c2c(O)cc(OCCCNC(=O)c3ccncc3)cc2/C=C/CC(O)C(O)C(=O)/C=C\[C@H]1C. The molecule has 2 heterocycles. The van der Waals surface area contributed by atoms with Gasteiger partial charge in [-0.2, -0.15) is 0 Å². The van der Waals surface area contributed by atoms with Gasteiger partial charge >= 0.3 is 5.97 Å². The summed E-state index contributed by atoms with van der Waals surface area (Å²) in [5.74, 6) is -2.09. The monoisotopic (exact) mass is 524 g/mol. The molecule has 0 saturated heterocycles. The third-order valence-corrected chi connectivity index (χ3v) is 6.07. The number of nitrogens with one attached hydrogen (secondary N) is 1. The smallest absolute Gasteiger partial charge is 0.342 e. The zero-order valence-electron chi connectivity index (χ0n) is 21.2. The van der Waals surface area contributed by atoms with E-state index in [1.807, 2.05) is 0 Å². The average molecular weight is 525 g/mol. The molecule has 3 rings (SSSR count). The molecule has 1 aromatic heterocycles. The lowest BCUT2D eigenvalue weighted by Crippen LogP contribution is -2.32. The van der Waals surface area contributed by atoms with Crippen molar-refractivity contribution in [2.24, 2.45) is 5.92 Å². The van der Waals surface area contributed by atoms with E-state index in [2.05, 4.69) is 10.3 Å². The van der Waals surface area contributed by atoms with E-state index >= 15 is 0 Å². The average Bonchev–Trinajstić information content (AvgIpc) is 2.90. The van der Waals surface area contributed by atoms with E-state index in [4.69, 9.17) is 9.47 Å². The predicted molar refractivity (Wildman–Crippen MR) is 139 cm³/mol. The number of benzene rings is 1. The summed E-state index contributed by atoms with van der Waals surface area (Å²) < 4.78 is 11.2. The molecular formula is C28H32N2O8. The van der Waals surface area contributed by atoms with Crippen LogP contribution in [-0.4, -0.2) is 69.4 Å². The zero-order valence-corrected chi connectivity index (χ0v) is 21.2. The number of ketones is 1. The number of pyridine rings is 1. The Labute approximate surface area is 220 Å². The van der Waals surface area contributed by atoms with E-state index in [0.717, 1.165) is 6.08 Å². The quantitative estimate of drug-likeness (QED) is 0.329. The number of carbonyl (C=O) groups is 3.